The first-order valence-electron chi connectivity index (χ1n) is 5.38. The molecule has 0 fully saturated rings. The Kier molecular flexibility index (Phi) is 4.48. The predicted octanol–water partition coefficient (Wildman–Crippen LogP) is 3.45. The van der Waals surface area contributed by atoms with Gasteiger partial charge in [0, 0.05) is 0 Å². The van der Waals surface area contributed by atoms with Gasteiger partial charge in [0.2, 0.25) is 0 Å². The Bertz CT molecular complexity index is 676. The number of halogens is 4. The van der Waals surface area contributed by atoms with E-state index in [-0.39, 0.29) is 32.5 Å². The average molecular weight is 411 g/mol. The fourth-order valence-electron chi connectivity index (χ4n) is 1.53. The van der Waals surface area contributed by atoms with Crippen molar-refractivity contribution in [3.05, 3.63) is 32.3 Å². The number of aromatic nitrogens is 3. The third kappa shape index (κ3) is 2.59. The quantitative estimate of drug-likeness (QED) is 0.478. The molecule has 106 valence electrons. The van der Waals surface area contributed by atoms with Gasteiger partial charge in [0.15, 0.2) is 11.5 Å². The molecule has 0 saturated carbocycles. The van der Waals surface area contributed by atoms with E-state index in [2.05, 4.69) is 47.3 Å². The van der Waals surface area contributed by atoms with E-state index in [1.165, 1.54) is 0 Å². The monoisotopic (exact) mass is 409 g/mol. The smallest absolute Gasteiger partial charge is 0.361 e. The second-order valence-electron chi connectivity index (χ2n) is 3.58. The lowest BCUT2D eigenvalue weighted by Gasteiger charge is -2.07. The van der Waals surface area contributed by atoms with Crippen LogP contribution in [0.5, 0.6) is 0 Å². The van der Waals surface area contributed by atoms with Crippen molar-refractivity contribution in [1.29, 1.82) is 0 Å². The SMILES string of the molecule is CCOC(=O)c1n[nH]nc1-c1c(F)cc(Br)c(F)c1Br. The molecule has 0 bridgehead atoms. The topological polar surface area (TPSA) is 67.9 Å². The summed E-state index contributed by atoms with van der Waals surface area (Å²) in [5.41, 5.74) is -0.546. The molecule has 0 aliphatic carbocycles. The lowest BCUT2D eigenvalue weighted by Crippen LogP contribution is -2.07. The van der Waals surface area contributed by atoms with Crippen LogP contribution in [0.15, 0.2) is 15.0 Å². The first-order valence-corrected chi connectivity index (χ1v) is 6.97. The highest BCUT2D eigenvalue weighted by atomic mass is 79.9. The molecule has 2 rings (SSSR count). The Morgan fingerprint density at radius 3 is 2.75 bits per heavy atom. The van der Waals surface area contributed by atoms with E-state index in [1.54, 1.807) is 6.92 Å². The summed E-state index contributed by atoms with van der Waals surface area (Å²) >= 11 is 5.83. The Morgan fingerprint density at radius 2 is 2.10 bits per heavy atom. The average Bonchev–Trinajstić information content (AvgIpc) is 2.85. The highest BCUT2D eigenvalue weighted by Gasteiger charge is 2.26. The highest BCUT2D eigenvalue weighted by molar-refractivity contribution is 9.11. The number of nitrogens with one attached hydrogen (secondary N) is 1. The number of carbonyl (C=O) groups is 1. The van der Waals surface area contributed by atoms with Crippen molar-refractivity contribution in [2.45, 2.75) is 6.92 Å². The Labute approximate surface area is 129 Å². The molecule has 20 heavy (non-hydrogen) atoms. The normalized spacial score (nSPS) is 10.7. The molecule has 2 aromatic rings. The molecule has 1 aromatic carbocycles. The van der Waals surface area contributed by atoms with Gasteiger partial charge in [-0.3, -0.25) is 0 Å². The van der Waals surface area contributed by atoms with Crippen molar-refractivity contribution in [3.8, 4) is 11.3 Å². The molecule has 0 saturated heterocycles. The Hall–Kier alpha value is -1.35. The molecular formula is C11H7Br2F2N3O2. The summed E-state index contributed by atoms with van der Waals surface area (Å²) in [6.45, 7) is 1.75. The zero-order chi connectivity index (χ0) is 14.9. The molecule has 1 heterocycles. The lowest BCUT2D eigenvalue weighted by atomic mass is 10.1. The van der Waals surface area contributed by atoms with Crippen LogP contribution in [0.2, 0.25) is 0 Å². The van der Waals surface area contributed by atoms with Crippen LogP contribution in [0.4, 0.5) is 8.78 Å². The summed E-state index contributed by atoms with van der Waals surface area (Å²) in [5.74, 6) is -2.24. The zero-order valence-corrected chi connectivity index (χ0v) is 13.2. The molecule has 9 heteroatoms. The number of H-pyrrole nitrogens is 1. The summed E-state index contributed by atoms with van der Waals surface area (Å²) in [7, 11) is 0. The van der Waals surface area contributed by atoms with Gasteiger partial charge in [0.05, 0.1) is 21.1 Å². The molecule has 0 unspecified atom stereocenters. The van der Waals surface area contributed by atoms with Gasteiger partial charge in [0.1, 0.15) is 11.5 Å². The van der Waals surface area contributed by atoms with Crippen molar-refractivity contribution < 1.29 is 18.3 Å². The highest BCUT2D eigenvalue weighted by Crippen LogP contribution is 2.36. The van der Waals surface area contributed by atoms with Gasteiger partial charge in [-0.25, -0.2) is 13.6 Å². The largest absolute Gasteiger partial charge is 0.461 e. The molecule has 0 radical (unpaired) electrons. The van der Waals surface area contributed by atoms with Gasteiger partial charge in [-0.2, -0.15) is 10.3 Å². The summed E-state index contributed by atoms with van der Waals surface area (Å²) in [4.78, 5) is 11.7. The molecule has 5 nitrogen and oxygen atoms in total. The number of esters is 1. The lowest BCUT2D eigenvalue weighted by molar-refractivity contribution is 0.0520. The third-order valence-electron chi connectivity index (χ3n) is 2.37. The van der Waals surface area contributed by atoms with Gasteiger partial charge >= 0.3 is 5.97 Å². The van der Waals surface area contributed by atoms with Crippen LogP contribution in [0.1, 0.15) is 17.4 Å². The molecule has 0 aliphatic heterocycles. The number of rotatable bonds is 3. The molecule has 0 aliphatic rings. The number of hydrogen-bond donors (Lipinski definition) is 1. The first-order chi connectivity index (χ1) is 9.47. The number of ether oxygens (including phenoxy) is 1. The molecule has 0 amide bonds. The predicted molar refractivity (Wildman–Crippen MR) is 73.1 cm³/mol. The molecule has 1 N–H and O–H groups in total. The number of benzene rings is 1. The maximum Gasteiger partial charge on any atom is 0.361 e. The van der Waals surface area contributed by atoms with E-state index >= 15 is 0 Å². The van der Waals surface area contributed by atoms with E-state index in [1.807, 2.05) is 0 Å². The number of hydrogen-bond acceptors (Lipinski definition) is 4. The summed E-state index contributed by atoms with van der Waals surface area (Å²) in [6, 6.07) is 0.943. The summed E-state index contributed by atoms with van der Waals surface area (Å²) in [5, 5.41) is 9.51. The Morgan fingerprint density at radius 1 is 1.40 bits per heavy atom. The standard InChI is InChI=1S/C11H7Br2F2N3O2/c1-2-20-11(19)10-9(16-18-17-10)6-5(14)3-4(12)8(15)7(6)13/h3H,2H2,1H3,(H,16,17,18). The minimum Gasteiger partial charge on any atom is -0.461 e. The van der Waals surface area contributed by atoms with Crippen LogP contribution in [-0.4, -0.2) is 28.0 Å². The van der Waals surface area contributed by atoms with E-state index < -0.39 is 17.6 Å². The molecule has 0 spiro atoms. The van der Waals surface area contributed by atoms with Crippen LogP contribution in [0, 0.1) is 11.6 Å². The second kappa shape index (κ2) is 5.96. The molecule has 0 atom stereocenters. The van der Waals surface area contributed by atoms with E-state index in [0.717, 1.165) is 6.07 Å². The fourth-order valence-corrected chi connectivity index (χ4v) is 2.79. The number of nitrogens with zero attached hydrogens (tertiary/aromatic N) is 2. The van der Waals surface area contributed by atoms with E-state index in [0.29, 0.717) is 0 Å². The minimum absolute atomic E-state index is 0.0493. The minimum atomic E-state index is -0.772. The van der Waals surface area contributed by atoms with Crippen LogP contribution >= 0.6 is 31.9 Å². The van der Waals surface area contributed by atoms with Crippen molar-refractivity contribution >= 4 is 37.8 Å². The first kappa shape index (κ1) is 15.0. The molecular weight excluding hydrogens is 404 g/mol. The molecule has 1 aromatic heterocycles. The zero-order valence-electron chi connectivity index (χ0n) is 10.0. The van der Waals surface area contributed by atoms with Gasteiger partial charge in [0.25, 0.3) is 0 Å². The second-order valence-corrected chi connectivity index (χ2v) is 5.23. The van der Waals surface area contributed by atoms with Gasteiger partial charge in [-0.1, -0.05) is 0 Å². The van der Waals surface area contributed by atoms with Crippen molar-refractivity contribution in [1.82, 2.24) is 15.4 Å². The maximum absolute atomic E-state index is 14.0. The van der Waals surface area contributed by atoms with Gasteiger partial charge < -0.3 is 4.74 Å². The Balaban J connectivity index is 2.62. The fraction of sp³-hybridized carbons (Fsp3) is 0.182. The van der Waals surface area contributed by atoms with Crippen LogP contribution < -0.4 is 0 Å². The summed E-state index contributed by atoms with van der Waals surface area (Å²) < 4.78 is 32.4. The van der Waals surface area contributed by atoms with Crippen LogP contribution in [0.25, 0.3) is 11.3 Å². The van der Waals surface area contributed by atoms with E-state index in [9.17, 15) is 13.6 Å². The van der Waals surface area contributed by atoms with Crippen molar-refractivity contribution in [3.63, 3.8) is 0 Å². The van der Waals surface area contributed by atoms with E-state index in [4.69, 9.17) is 4.74 Å². The maximum atomic E-state index is 14.0. The van der Waals surface area contributed by atoms with Crippen molar-refractivity contribution in [2.24, 2.45) is 0 Å². The number of aromatic amines is 1. The van der Waals surface area contributed by atoms with Gasteiger partial charge in [-0.05, 0) is 44.8 Å². The van der Waals surface area contributed by atoms with Crippen LogP contribution in [-0.2, 0) is 4.74 Å². The number of carbonyl (C=O) groups excluding carboxylic acids is 1. The van der Waals surface area contributed by atoms with Crippen LogP contribution in [0.3, 0.4) is 0 Å². The summed E-state index contributed by atoms with van der Waals surface area (Å²) in [6.07, 6.45) is 0. The van der Waals surface area contributed by atoms with Gasteiger partial charge in [-0.15, -0.1) is 5.10 Å². The third-order valence-corrected chi connectivity index (χ3v) is 3.69. The van der Waals surface area contributed by atoms with Crippen molar-refractivity contribution in [2.75, 3.05) is 6.61 Å².